The average Bonchev–Trinajstić information content (AvgIpc) is 3.20. The molecule has 170 valence electrons. The van der Waals surface area contributed by atoms with Crippen molar-refractivity contribution in [2.45, 2.75) is 6.42 Å². The Bertz CT molecular complexity index is 1820. The Morgan fingerprint density at radius 2 is 1.71 bits per heavy atom. The maximum Gasteiger partial charge on any atom is 0.266 e. The molecule has 0 radical (unpaired) electrons. The van der Waals surface area contributed by atoms with E-state index in [0.717, 1.165) is 28.4 Å². The minimum atomic E-state index is -0.166. The molecule has 3 aromatic carbocycles. The second kappa shape index (κ2) is 7.66. The molecule has 0 amide bonds. The van der Waals surface area contributed by atoms with Crippen LogP contribution in [0.4, 0.5) is 0 Å². The third kappa shape index (κ3) is 3.14. The number of hydrogen-bond acceptors (Lipinski definition) is 6. The summed E-state index contributed by atoms with van der Waals surface area (Å²) in [5.41, 5.74) is 2.09. The maximum absolute atomic E-state index is 13.5. The highest BCUT2D eigenvalue weighted by Gasteiger charge is 2.17. The third-order valence-corrected chi connectivity index (χ3v) is 6.27. The molecule has 0 saturated carbocycles. The van der Waals surface area contributed by atoms with Crippen LogP contribution >= 0.6 is 0 Å². The summed E-state index contributed by atoms with van der Waals surface area (Å²) in [4.78, 5) is 22.5. The van der Waals surface area contributed by atoms with Crippen LogP contribution in [0.5, 0.6) is 11.5 Å². The lowest BCUT2D eigenvalue weighted by Crippen LogP contribution is -2.19. The van der Waals surface area contributed by atoms with Crippen LogP contribution in [0, 0.1) is 0 Å². The lowest BCUT2D eigenvalue weighted by atomic mass is 10.1. The van der Waals surface area contributed by atoms with E-state index in [1.807, 2.05) is 66.7 Å². The molecular weight excluding hydrogens is 442 g/mol. The number of ether oxygens (including phenoxy) is 2. The lowest BCUT2D eigenvalue weighted by Gasteiger charge is -2.10. The summed E-state index contributed by atoms with van der Waals surface area (Å²) in [6.07, 6.45) is 4.19. The van der Waals surface area contributed by atoms with Crippen molar-refractivity contribution in [1.82, 2.24) is 24.1 Å². The highest BCUT2D eigenvalue weighted by atomic mass is 16.5. The molecule has 0 N–H and O–H groups in total. The van der Waals surface area contributed by atoms with Crippen LogP contribution in [-0.4, -0.2) is 37.4 Å². The highest BCUT2D eigenvalue weighted by Crippen LogP contribution is 2.33. The number of pyridine rings is 1. The van der Waals surface area contributed by atoms with E-state index in [2.05, 4.69) is 15.1 Å². The maximum atomic E-state index is 13.5. The van der Waals surface area contributed by atoms with E-state index in [9.17, 15) is 4.79 Å². The second-order valence-electron chi connectivity index (χ2n) is 8.41. The Morgan fingerprint density at radius 3 is 2.66 bits per heavy atom. The highest BCUT2D eigenvalue weighted by molar-refractivity contribution is 5.90. The van der Waals surface area contributed by atoms with Crippen molar-refractivity contribution in [1.29, 1.82) is 0 Å². The van der Waals surface area contributed by atoms with Gasteiger partial charge in [0, 0.05) is 29.8 Å². The van der Waals surface area contributed by atoms with E-state index >= 15 is 0 Å². The molecule has 4 heterocycles. The second-order valence-corrected chi connectivity index (χ2v) is 8.41. The molecule has 6 aromatic rings. The summed E-state index contributed by atoms with van der Waals surface area (Å²) in [5.74, 6) is 2.31. The minimum absolute atomic E-state index is 0.166. The van der Waals surface area contributed by atoms with Crippen LogP contribution in [0.3, 0.4) is 0 Å². The molecule has 0 saturated heterocycles. The fraction of sp³-hybridized carbons (Fsp3) is 0.111. The normalized spacial score (nSPS) is 13.4. The van der Waals surface area contributed by atoms with Gasteiger partial charge in [-0.3, -0.25) is 9.36 Å². The zero-order chi connectivity index (χ0) is 23.4. The van der Waals surface area contributed by atoms with E-state index in [-0.39, 0.29) is 5.56 Å². The van der Waals surface area contributed by atoms with Gasteiger partial charge in [0.1, 0.15) is 0 Å². The van der Waals surface area contributed by atoms with E-state index in [1.54, 1.807) is 21.5 Å². The van der Waals surface area contributed by atoms with Gasteiger partial charge in [-0.15, -0.1) is 5.10 Å². The first-order valence-corrected chi connectivity index (χ1v) is 11.4. The average molecular weight is 461 g/mol. The van der Waals surface area contributed by atoms with Crippen LogP contribution < -0.4 is 15.0 Å². The molecule has 3 aromatic heterocycles. The fourth-order valence-electron chi connectivity index (χ4n) is 4.55. The van der Waals surface area contributed by atoms with Crippen LogP contribution in [-0.2, 0) is 0 Å². The van der Waals surface area contributed by atoms with Gasteiger partial charge >= 0.3 is 0 Å². The zero-order valence-corrected chi connectivity index (χ0v) is 18.6. The molecule has 0 unspecified atom stereocenters. The molecule has 8 heteroatoms. The van der Waals surface area contributed by atoms with E-state index < -0.39 is 0 Å². The van der Waals surface area contributed by atoms with E-state index in [0.29, 0.717) is 47.2 Å². The summed E-state index contributed by atoms with van der Waals surface area (Å²) < 4.78 is 14.8. The van der Waals surface area contributed by atoms with Gasteiger partial charge in [-0.1, -0.05) is 36.4 Å². The van der Waals surface area contributed by atoms with Crippen molar-refractivity contribution < 1.29 is 9.47 Å². The minimum Gasteiger partial charge on any atom is -0.490 e. The summed E-state index contributed by atoms with van der Waals surface area (Å²) in [5, 5.41) is 7.21. The molecule has 7 rings (SSSR count). The van der Waals surface area contributed by atoms with Gasteiger partial charge in [-0.2, -0.15) is 9.50 Å². The van der Waals surface area contributed by atoms with Crippen LogP contribution in [0.25, 0.3) is 44.5 Å². The molecular formula is C27H19N5O3. The molecule has 0 fully saturated rings. The van der Waals surface area contributed by atoms with Gasteiger partial charge in [0.2, 0.25) is 0 Å². The van der Waals surface area contributed by atoms with Crippen molar-refractivity contribution in [3.63, 3.8) is 0 Å². The zero-order valence-electron chi connectivity index (χ0n) is 18.6. The summed E-state index contributed by atoms with van der Waals surface area (Å²) in [6.45, 7) is 1.23. The van der Waals surface area contributed by atoms with Gasteiger partial charge < -0.3 is 9.47 Å². The molecule has 35 heavy (non-hydrogen) atoms. The van der Waals surface area contributed by atoms with Gasteiger partial charge in [-0.05, 0) is 35.7 Å². The number of benzene rings is 3. The largest absolute Gasteiger partial charge is 0.490 e. The third-order valence-electron chi connectivity index (χ3n) is 6.27. The predicted octanol–water partition coefficient (Wildman–Crippen LogP) is 4.41. The Morgan fingerprint density at radius 1 is 0.857 bits per heavy atom. The monoisotopic (exact) mass is 461 g/mol. The van der Waals surface area contributed by atoms with Crippen molar-refractivity contribution in [2.24, 2.45) is 0 Å². The van der Waals surface area contributed by atoms with Gasteiger partial charge in [0.15, 0.2) is 17.3 Å². The SMILES string of the molecule is O=c1c2cnc3nc(-c4ccc5c(c4)OCCCO5)nn3c2ccn1-c1cccc2ccccc12. The quantitative estimate of drug-likeness (QED) is 0.380. The molecule has 0 aliphatic carbocycles. The summed E-state index contributed by atoms with van der Waals surface area (Å²) in [7, 11) is 0. The first-order chi connectivity index (χ1) is 17.3. The Kier molecular flexibility index (Phi) is 4.32. The van der Waals surface area contributed by atoms with Crippen LogP contribution in [0.1, 0.15) is 6.42 Å². The molecule has 0 atom stereocenters. The topological polar surface area (TPSA) is 83.5 Å². The van der Waals surface area contributed by atoms with Gasteiger partial charge in [0.05, 0.1) is 29.8 Å². The van der Waals surface area contributed by atoms with Crippen molar-refractivity contribution in [3.05, 3.63) is 89.5 Å². The first-order valence-electron chi connectivity index (χ1n) is 11.4. The van der Waals surface area contributed by atoms with Crippen molar-refractivity contribution >= 4 is 27.5 Å². The molecule has 8 nitrogen and oxygen atoms in total. The standard InChI is InChI=1S/C27H19N5O3/c33-26-20-16-28-27-29-25(18-9-10-23-24(15-18)35-14-4-13-34-23)30-32(27)22(20)11-12-31(26)21-8-3-6-17-5-1-2-7-19(17)21/h1-3,5-12,15-16H,4,13-14H2. The predicted molar refractivity (Wildman–Crippen MR) is 132 cm³/mol. The number of rotatable bonds is 2. The number of nitrogens with zero attached hydrogens (tertiary/aromatic N) is 5. The Balaban J connectivity index is 1.38. The first kappa shape index (κ1) is 19.7. The van der Waals surface area contributed by atoms with Crippen LogP contribution in [0.15, 0.2) is 83.9 Å². The summed E-state index contributed by atoms with van der Waals surface area (Å²) in [6, 6.07) is 21.5. The van der Waals surface area contributed by atoms with E-state index in [1.165, 1.54) is 0 Å². The van der Waals surface area contributed by atoms with Crippen molar-refractivity contribution in [3.8, 4) is 28.6 Å². The van der Waals surface area contributed by atoms with Crippen molar-refractivity contribution in [2.75, 3.05) is 13.2 Å². The van der Waals surface area contributed by atoms with E-state index in [4.69, 9.17) is 9.47 Å². The molecule has 1 aliphatic rings. The Hall–Kier alpha value is -4.72. The number of hydrogen-bond donors (Lipinski definition) is 0. The molecule has 0 spiro atoms. The summed E-state index contributed by atoms with van der Waals surface area (Å²) >= 11 is 0. The van der Waals surface area contributed by atoms with Gasteiger partial charge in [-0.25, -0.2) is 4.98 Å². The lowest BCUT2D eigenvalue weighted by molar-refractivity contribution is 0.297. The number of fused-ring (bicyclic) bond motifs is 5. The van der Waals surface area contributed by atoms with Gasteiger partial charge in [0.25, 0.3) is 11.3 Å². The number of aromatic nitrogens is 5. The molecule has 0 bridgehead atoms. The Labute approximate surface area is 199 Å². The fourth-order valence-corrected chi connectivity index (χ4v) is 4.55. The smallest absolute Gasteiger partial charge is 0.266 e. The molecule has 1 aliphatic heterocycles. The van der Waals surface area contributed by atoms with Crippen LogP contribution in [0.2, 0.25) is 0 Å².